The minimum Gasteiger partial charge on any atom is -0.329 e. The van der Waals surface area contributed by atoms with Crippen LogP contribution in [0.25, 0.3) is 0 Å². The van der Waals surface area contributed by atoms with Crippen LogP contribution in [0.1, 0.15) is 20.8 Å². The Morgan fingerprint density at radius 3 is 2.09 bits per heavy atom. The summed E-state index contributed by atoms with van der Waals surface area (Å²) in [7, 11) is 0. The smallest absolute Gasteiger partial charge is 0.0344 e. The lowest BCUT2D eigenvalue weighted by Gasteiger charge is -2.39. The highest BCUT2D eigenvalue weighted by atomic mass is 15.1. The molecule has 1 rings (SSSR count). The molecule has 0 amide bonds. The van der Waals surface area contributed by atoms with Gasteiger partial charge in [0.1, 0.15) is 0 Å². The molecule has 66 valence electrons. The summed E-state index contributed by atoms with van der Waals surface area (Å²) in [4.78, 5) is 0. The first-order valence-corrected chi connectivity index (χ1v) is 4.37. The Morgan fingerprint density at radius 1 is 1.00 bits per heavy atom. The fourth-order valence-corrected chi connectivity index (χ4v) is 1.57. The molecule has 4 N–H and O–H groups in total. The maximum absolute atomic E-state index is 5.60. The van der Waals surface area contributed by atoms with Crippen molar-refractivity contribution in [2.75, 3.05) is 6.54 Å². The van der Waals surface area contributed by atoms with E-state index < -0.39 is 0 Å². The van der Waals surface area contributed by atoms with Gasteiger partial charge in [0.15, 0.2) is 0 Å². The van der Waals surface area contributed by atoms with E-state index in [1.807, 2.05) is 0 Å². The van der Waals surface area contributed by atoms with Gasteiger partial charge in [0.2, 0.25) is 0 Å². The molecule has 0 aromatic carbocycles. The molecule has 1 aliphatic heterocycles. The summed E-state index contributed by atoms with van der Waals surface area (Å²) in [6, 6.07) is 2.00. The largest absolute Gasteiger partial charge is 0.329 e. The van der Waals surface area contributed by atoms with Gasteiger partial charge in [0.05, 0.1) is 0 Å². The van der Waals surface area contributed by atoms with Crippen LogP contribution >= 0.6 is 0 Å². The summed E-state index contributed by atoms with van der Waals surface area (Å²) < 4.78 is 0. The maximum atomic E-state index is 5.60. The predicted octanol–water partition coefficient (Wildman–Crippen LogP) is -0.328. The molecule has 1 aliphatic rings. The Hall–Kier alpha value is -0.120. The lowest BCUT2D eigenvalue weighted by Crippen LogP contribution is -2.65. The first-order valence-electron chi connectivity index (χ1n) is 4.37. The van der Waals surface area contributed by atoms with Crippen LogP contribution in [0.2, 0.25) is 0 Å². The van der Waals surface area contributed by atoms with Crippen LogP contribution in [0.15, 0.2) is 0 Å². The summed E-state index contributed by atoms with van der Waals surface area (Å²) in [6.07, 6.45) is 0. The van der Waals surface area contributed by atoms with Crippen molar-refractivity contribution in [3.8, 4) is 0 Å². The van der Waals surface area contributed by atoms with E-state index in [0.29, 0.717) is 30.7 Å². The van der Waals surface area contributed by atoms with E-state index in [9.17, 15) is 0 Å². The molecule has 0 aromatic heterocycles. The van der Waals surface area contributed by atoms with Crippen LogP contribution in [-0.2, 0) is 0 Å². The van der Waals surface area contributed by atoms with Gasteiger partial charge in [-0.15, -0.1) is 0 Å². The molecule has 0 bridgehead atoms. The molecule has 1 heterocycles. The van der Waals surface area contributed by atoms with Crippen molar-refractivity contribution in [1.29, 1.82) is 0 Å². The zero-order chi connectivity index (χ0) is 8.43. The molecule has 0 unspecified atom stereocenters. The van der Waals surface area contributed by atoms with Crippen LogP contribution in [0.5, 0.6) is 0 Å². The molecule has 11 heavy (non-hydrogen) atoms. The molecule has 3 heteroatoms. The standard InChI is InChI=1S/C8H19N3/c1-5-6(2)11-8(4-9)7(3)10-5/h5-8,10-11H,4,9H2,1-3H3/t5-,6-,7+,8+/m0/s1. The molecule has 1 fully saturated rings. The second kappa shape index (κ2) is 3.52. The van der Waals surface area contributed by atoms with Crippen molar-refractivity contribution in [3.63, 3.8) is 0 Å². The highest BCUT2D eigenvalue weighted by Crippen LogP contribution is 2.05. The Kier molecular flexibility index (Phi) is 2.87. The molecule has 0 aromatic rings. The van der Waals surface area contributed by atoms with E-state index in [0.717, 1.165) is 0 Å². The van der Waals surface area contributed by atoms with Gasteiger partial charge in [-0.05, 0) is 20.8 Å². The van der Waals surface area contributed by atoms with Crippen molar-refractivity contribution in [2.24, 2.45) is 5.73 Å². The van der Waals surface area contributed by atoms with Crippen LogP contribution < -0.4 is 16.4 Å². The third-order valence-electron chi connectivity index (χ3n) is 2.61. The predicted molar refractivity (Wildman–Crippen MR) is 47.5 cm³/mol. The second-order valence-electron chi connectivity index (χ2n) is 3.54. The van der Waals surface area contributed by atoms with Crippen molar-refractivity contribution in [1.82, 2.24) is 10.6 Å². The monoisotopic (exact) mass is 157 g/mol. The van der Waals surface area contributed by atoms with Gasteiger partial charge in [-0.25, -0.2) is 0 Å². The molecule has 0 radical (unpaired) electrons. The Bertz CT molecular complexity index is 127. The minimum absolute atomic E-state index is 0.432. The van der Waals surface area contributed by atoms with Crippen LogP contribution in [-0.4, -0.2) is 30.7 Å². The van der Waals surface area contributed by atoms with Gasteiger partial charge in [-0.2, -0.15) is 0 Å². The topological polar surface area (TPSA) is 50.1 Å². The second-order valence-corrected chi connectivity index (χ2v) is 3.54. The summed E-state index contributed by atoms with van der Waals surface area (Å²) >= 11 is 0. The first kappa shape index (κ1) is 8.97. The molecule has 3 nitrogen and oxygen atoms in total. The number of hydrogen-bond acceptors (Lipinski definition) is 3. The third-order valence-corrected chi connectivity index (χ3v) is 2.61. The van der Waals surface area contributed by atoms with Gasteiger partial charge >= 0.3 is 0 Å². The van der Waals surface area contributed by atoms with Gasteiger partial charge in [0.25, 0.3) is 0 Å². The highest BCUT2D eigenvalue weighted by molar-refractivity contribution is 4.92. The highest BCUT2D eigenvalue weighted by Gasteiger charge is 2.27. The molecule has 1 saturated heterocycles. The van der Waals surface area contributed by atoms with E-state index in [2.05, 4.69) is 31.4 Å². The van der Waals surface area contributed by atoms with Crippen molar-refractivity contribution >= 4 is 0 Å². The lowest BCUT2D eigenvalue weighted by molar-refractivity contribution is 0.242. The normalized spacial score (nSPS) is 45.8. The molecular formula is C8H19N3. The quantitative estimate of drug-likeness (QED) is 0.488. The summed E-state index contributed by atoms with van der Waals surface area (Å²) in [5.74, 6) is 0. The Morgan fingerprint density at radius 2 is 1.55 bits per heavy atom. The molecule has 0 spiro atoms. The van der Waals surface area contributed by atoms with Crippen LogP contribution in [0.4, 0.5) is 0 Å². The molecule has 0 aliphatic carbocycles. The fraction of sp³-hybridized carbons (Fsp3) is 1.00. The lowest BCUT2D eigenvalue weighted by atomic mass is 10.00. The SMILES string of the molecule is C[C@@H]1N[C@H](C)[C@@H](CN)N[C@H]1C. The van der Waals surface area contributed by atoms with E-state index in [1.165, 1.54) is 0 Å². The van der Waals surface area contributed by atoms with Gasteiger partial charge in [-0.1, -0.05) is 0 Å². The first-order chi connectivity index (χ1) is 5.15. The summed E-state index contributed by atoms with van der Waals surface area (Å²) in [5.41, 5.74) is 5.60. The average Bonchev–Trinajstić information content (AvgIpc) is 1.97. The zero-order valence-electron chi connectivity index (χ0n) is 7.59. The number of rotatable bonds is 1. The third kappa shape index (κ3) is 1.92. The van der Waals surface area contributed by atoms with Crippen molar-refractivity contribution < 1.29 is 0 Å². The number of nitrogens with one attached hydrogen (secondary N) is 2. The zero-order valence-corrected chi connectivity index (χ0v) is 7.59. The molecular weight excluding hydrogens is 138 g/mol. The van der Waals surface area contributed by atoms with Crippen molar-refractivity contribution in [2.45, 2.75) is 44.9 Å². The summed E-state index contributed by atoms with van der Waals surface area (Å²) in [5, 5.41) is 6.97. The minimum atomic E-state index is 0.432. The van der Waals surface area contributed by atoms with Gasteiger partial charge in [0, 0.05) is 30.7 Å². The van der Waals surface area contributed by atoms with Crippen LogP contribution in [0.3, 0.4) is 0 Å². The maximum Gasteiger partial charge on any atom is 0.0344 e. The Balaban J connectivity index is 2.48. The number of hydrogen-bond donors (Lipinski definition) is 3. The molecule has 4 atom stereocenters. The Labute approximate surface area is 68.7 Å². The van der Waals surface area contributed by atoms with Gasteiger partial charge in [-0.3, -0.25) is 0 Å². The van der Waals surface area contributed by atoms with Crippen molar-refractivity contribution in [3.05, 3.63) is 0 Å². The number of nitrogens with two attached hydrogens (primary N) is 1. The average molecular weight is 157 g/mol. The summed E-state index contributed by atoms with van der Waals surface area (Å²) in [6.45, 7) is 7.27. The fourth-order valence-electron chi connectivity index (χ4n) is 1.57. The number of piperazine rings is 1. The van der Waals surface area contributed by atoms with Crippen LogP contribution in [0, 0.1) is 0 Å². The van der Waals surface area contributed by atoms with E-state index in [4.69, 9.17) is 5.73 Å². The molecule has 0 saturated carbocycles. The van der Waals surface area contributed by atoms with E-state index in [-0.39, 0.29) is 0 Å². The van der Waals surface area contributed by atoms with E-state index in [1.54, 1.807) is 0 Å². The van der Waals surface area contributed by atoms with Gasteiger partial charge < -0.3 is 16.4 Å². The van der Waals surface area contributed by atoms with E-state index >= 15 is 0 Å².